The second-order valence-electron chi connectivity index (χ2n) is 10.6. The van der Waals surface area contributed by atoms with E-state index in [9.17, 15) is 0 Å². The van der Waals surface area contributed by atoms with Gasteiger partial charge in [0.05, 0.1) is 22.2 Å². The molecule has 3 heterocycles. The Labute approximate surface area is 241 Å². The molecule has 0 saturated heterocycles. The van der Waals surface area contributed by atoms with Crippen LogP contribution in [-0.2, 0) is 0 Å². The topological polar surface area (TPSA) is 43.9 Å². The molecule has 3 aromatic heterocycles. The molecule has 0 aliphatic rings. The maximum atomic E-state index is 6.24. The van der Waals surface area contributed by atoms with Gasteiger partial charge in [-0.2, -0.15) is 0 Å². The molecule has 0 unspecified atom stereocenters. The predicted molar refractivity (Wildman–Crippen MR) is 172 cm³/mol. The van der Waals surface area contributed by atoms with Crippen molar-refractivity contribution in [2.75, 3.05) is 0 Å². The van der Waals surface area contributed by atoms with Crippen LogP contribution in [0.1, 0.15) is 0 Å². The lowest BCUT2D eigenvalue weighted by Gasteiger charge is -2.11. The van der Waals surface area contributed by atoms with Crippen molar-refractivity contribution in [1.29, 1.82) is 0 Å². The van der Waals surface area contributed by atoms with Gasteiger partial charge in [-0.3, -0.25) is 0 Å². The highest BCUT2D eigenvalue weighted by molar-refractivity contribution is 6.21. The molecule has 0 spiro atoms. The first-order valence-corrected chi connectivity index (χ1v) is 14.1. The summed E-state index contributed by atoms with van der Waals surface area (Å²) in [5.74, 6) is 0.701. The van der Waals surface area contributed by atoms with E-state index in [1.54, 1.807) is 0 Å². The van der Waals surface area contributed by atoms with E-state index in [0.29, 0.717) is 5.82 Å². The molecule has 4 heteroatoms. The van der Waals surface area contributed by atoms with Crippen molar-refractivity contribution in [2.24, 2.45) is 0 Å². The first kappa shape index (κ1) is 23.0. The molecule has 0 atom stereocenters. The predicted octanol–water partition coefficient (Wildman–Crippen LogP) is 9.96. The van der Waals surface area contributed by atoms with E-state index in [4.69, 9.17) is 14.4 Å². The minimum absolute atomic E-state index is 0.701. The van der Waals surface area contributed by atoms with Crippen LogP contribution < -0.4 is 0 Å². The van der Waals surface area contributed by atoms with Crippen molar-refractivity contribution in [3.8, 4) is 28.3 Å². The fraction of sp³-hybridized carbons (Fsp3) is 0. The minimum Gasteiger partial charge on any atom is -0.456 e. The Morgan fingerprint density at radius 2 is 1.19 bits per heavy atom. The van der Waals surface area contributed by atoms with Crippen LogP contribution >= 0.6 is 0 Å². The fourth-order valence-electron chi connectivity index (χ4n) is 6.34. The van der Waals surface area contributed by atoms with E-state index in [1.165, 1.54) is 16.3 Å². The lowest BCUT2D eigenvalue weighted by Crippen LogP contribution is -1.96. The average molecular weight is 538 g/mol. The summed E-state index contributed by atoms with van der Waals surface area (Å²) in [4.78, 5) is 10.4. The van der Waals surface area contributed by atoms with Crippen LogP contribution in [0.5, 0.6) is 0 Å². The maximum Gasteiger partial charge on any atom is 0.160 e. The second-order valence-corrected chi connectivity index (χ2v) is 10.6. The third-order valence-electron chi connectivity index (χ3n) is 8.19. The number of benzene rings is 6. The fourth-order valence-corrected chi connectivity index (χ4v) is 6.34. The van der Waals surface area contributed by atoms with Crippen LogP contribution in [0.3, 0.4) is 0 Å². The van der Waals surface area contributed by atoms with E-state index < -0.39 is 0 Å². The van der Waals surface area contributed by atoms with Gasteiger partial charge in [0, 0.05) is 43.7 Å². The van der Waals surface area contributed by atoms with Crippen LogP contribution in [0.15, 0.2) is 144 Å². The summed E-state index contributed by atoms with van der Waals surface area (Å²) in [5, 5.41) is 5.51. The third-order valence-corrected chi connectivity index (χ3v) is 8.19. The van der Waals surface area contributed by atoms with E-state index in [0.717, 1.165) is 60.9 Å². The molecular formula is C38H23N3O. The van der Waals surface area contributed by atoms with Gasteiger partial charge in [0.15, 0.2) is 5.82 Å². The zero-order valence-corrected chi connectivity index (χ0v) is 22.5. The van der Waals surface area contributed by atoms with Crippen molar-refractivity contribution in [1.82, 2.24) is 14.5 Å². The monoisotopic (exact) mass is 537 g/mol. The molecule has 0 aliphatic heterocycles. The smallest absolute Gasteiger partial charge is 0.160 e. The molecule has 0 saturated carbocycles. The van der Waals surface area contributed by atoms with Gasteiger partial charge in [-0.25, -0.2) is 9.97 Å². The highest BCUT2D eigenvalue weighted by Crippen LogP contribution is 2.40. The number of nitrogens with zero attached hydrogens (tertiary/aromatic N) is 3. The van der Waals surface area contributed by atoms with E-state index in [2.05, 4.69) is 120 Å². The number of fused-ring (bicyclic) bond motifs is 8. The van der Waals surface area contributed by atoms with E-state index in [-0.39, 0.29) is 0 Å². The number of aromatic nitrogens is 3. The summed E-state index contributed by atoms with van der Waals surface area (Å²) in [7, 11) is 0. The third kappa shape index (κ3) is 3.36. The Hall–Kier alpha value is -5.74. The van der Waals surface area contributed by atoms with Crippen molar-refractivity contribution < 1.29 is 4.42 Å². The molecule has 9 rings (SSSR count). The summed E-state index contributed by atoms with van der Waals surface area (Å²) in [6.07, 6.45) is 0. The molecule has 42 heavy (non-hydrogen) atoms. The molecule has 0 amide bonds. The molecule has 0 N–H and O–H groups in total. The number of para-hydroxylation sites is 3. The minimum atomic E-state index is 0.701. The SMILES string of the molecule is c1ccc(-c2nc(-c3ccc4c(c3)c3ccccc3n4-c3ccccc3)nc3ccc4oc5ccccc5c4c23)cc1. The number of furan rings is 1. The molecular weight excluding hydrogens is 514 g/mol. The molecule has 4 nitrogen and oxygen atoms in total. The van der Waals surface area contributed by atoms with Crippen molar-refractivity contribution in [3.63, 3.8) is 0 Å². The summed E-state index contributed by atoms with van der Waals surface area (Å²) in [6, 6.07) is 48.3. The molecule has 0 aliphatic carbocycles. The molecule has 0 bridgehead atoms. The van der Waals surface area contributed by atoms with Crippen LogP contribution in [0, 0.1) is 0 Å². The lowest BCUT2D eigenvalue weighted by atomic mass is 10.0. The first-order chi connectivity index (χ1) is 20.8. The van der Waals surface area contributed by atoms with Gasteiger partial charge >= 0.3 is 0 Å². The largest absolute Gasteiger partial charge is 0.456 e. The average Bonchev–Trinajstić information content (AvgIpc) is 3.60. The first-order valence-electron chi connectivity index (χ1n) is 14.1. The summed E-state index contributed by atoms with van der Waals surface area (Å²) in [6.45, 7) is 0. The Morgan fingerprint density at radius 3 is 2.05 bits per heavy atom. The van der Waals surface area contributed by atoms with Crippen LogP contribution in [0.4, 0.5) is 0 Å². The lowest BCUT2D eigenvalue weighted by molar-refractivity contribution is 0.669. The van der Waals surface area contributed by atoms with Crippen molar-refractivity contribution in [3.05, 3.63) is 140 Å². The van der Waals surface area contributed by atoms with Gasteiger partial charge in [0.2, 0.25) is 0 Å². The zero-order valence-electron chi connectivity index (χ0n) is 22.5. The quantitative estimate of drug-likeness (QED) is 0.225. The van der Waals surface area contributed by atoms with E-state index in [1.807, 2.05) is 24.3 Å². The van der Waals surface area contributed by atoms with Crippen LogP contribution in [-0.4, -0.2) is 14.5 Å². The maximum absolute atomic E-state index is 6.24. The summed E-state index contributed by atoms with van der Waals surface area (Å²) in [5.41, 5.74) is 9.00. The van der Waals surface area contributed by atoms with Gasteiger partial charge in [-0.05, 0) is 54.6 Å². The summed E-state index contributed by atoms with van der Waals surface area (Å²) < 4.78 is 8.56. The Balaban J connectivity index is 1.34. The Bertz CT molecular complexity index is 2460. The number of hydrogen-bond donors (Lipinski definition) is 0. The molecule has 9 aromatic rings. The second kappa shape index (κ2) is 8.88. The van der Waals surface area contributed by atoms with Gasteiger partial charge in [-0.15, -0.1) is 0 Å². The van der Waals surface area contributed by atoms with Crippen LogP contribution in [0.25, 0.3) is 83.0 Å². The summed E-state index contributed by atoms with van der Waals surface area (Å²) >= 11 is 0. The van der Waals surface area contributed by atoms with Gasteiger partial charge < -0.3 is 8.98 Å². The Kier molecular flexibility index (Phi) is 4.87. The van der Waals surface area contributed by atoms with Gasteiger partial charge in [-0.1, -0.05) is 84.9 Å². The highest BCUT2D eigenvalue weighted by Gasteiger charge is 2.19. The number of hydrogen-bond acceptors (Lipinski definition) is 3. The normalized spacial score (nSPS) is 11.8. The molecule has 196 valence electrons. The molecule has 6 aromatic carbocycles. The molecule has 0 radical (unpaired) electrons. The van der Waals surface area contributed by atoms with Crippen molar-refractivity contribution >= 4 is 54.6 Å². The highest BCUT2D eigenvalue weighted by atomic mass is 16.3. The zero-order chi connectivity index (χ0) is 27.6. The standard InChI is InChI=1S/C38H23N3O/c1-3-11-24(12-4-1)37-36-30(20-22-34-35(36)28-16-8-10-18-33(28)42-34)39-38(40-37)25-19-21-32-29(23-25)27-15-7-9-17-31(27)41(32)26-13-5-2-6-14-26/h1-23H. The van der Waals surface area contributed by atoms with Crippen molar-refractivity contribution in [2.45, 2.75) is 0 Å². The molecule has 0 fully saturated rings. The van der Waals surface area contributed by atoms with Gasteiger partial charge in [0.25, 0.3) is 0 Å². The Morgan fingerprint density at radius 1 is 0.476 bits per heavy atom. The number of rotatable bonds is 3. The van der Waals surface area contributed by atoms with Gasteiger partial charge in [0.1, 0.15) is 11.2 Å². The van der Waals surface area contributed by atoms with E-state index >= 15 is 0 Å². The van der Waals surface area contributed by atoms with Crippen LogP contribution in [0.2, 0.25) is 0 Å².